The summed E-state index contributed by atoms with van der Waals surface area (Å²) in [6.45, 7) is 4.74. The number of rotatable bonds is 3. The number of benzene rings is 1. The van der Waals surface area contributed by atoms with E-state index < -0.39 is 0 Å². The van der Waals surface area contributed by atoms with Gasteiger partial charge in [-0.15, -0.1) is 0 Å². The van der Waals surface area contributed by atoms with E-state index in [1.165, 1.54) is 37.9 Å². The maximum absolute atomic E-state index is 5.96. The molecule has 2 rings (SSSR count). The monoisotopic (exact) mass is 251 g/mol. The van der Waals surface area contributed by atoms with E-state index >= 15 is 0 Å². The molecular weight excluding hydrogens is 230 g/mol. The lowest BCUT2D eigenvalue weighted by Gasteiger charge is -2.37. The predicted molar refractivity (Wildman–Crippen MR) is 74.7 cm³/mol. The first kappa shape index (κ1) is 12.9. The molecule has 17 heavy (non-hydrogen) atoms. The molecule has 1 aromatic carbocycles. The van der Waals surface area contributed by atoms with Crippen LogP contribution in [0.5, 0.6) is 0 Å². The van der Waals surface area contributed by atoms with Crippen LogP contribution in [0.3, 0.4) is 0 Å². The Hall–Kier alpha value is -0.530. The van der Waals surface area contributed by atoms with Crippen LogP contribution in [0.1, 0.15) is 37.7 Å². The van der Waals surface area contributed by atoms with Crippen LogP contribution < -0.4 is 0 Å². The summed E-state index contributed by atoms with van der Waals surface area (Å²) in [5.74, 6) is 1.53. The van der Waals surface area contributed by atoms with E-state index in [9.17, 15) is 0 Å². The van der Waals surface area contributed by atoms with Crippen LogP contribution in [0.25, 0.3) is 0 Å². The molecule has 0 radical (unpaired) electrons. The highest BCUT2D eigenvalue weighted by molar-refractivity contribution is 6.30. The Kier molecular flexibility index (Phi) is 4.47. The molecule has 0 saturated carbocycles. The van der Waals surface area contributed by atoms with Crippen LogP contribution in [-0.2, 0) is 0 Å². The number of likely N-dealkylation sites (tertiary alicyclic amines) is 1. The second-order valence-corrected chi connectivity index (χ2v) is 5.69. The van der Waals surface area contributed by atoms with E-state index in [2.05, 4.69) is 31.0 Å². The molecule has 1 unspecified atom stereocenters. The van der Waals surface area contributed by atoms with Crippen LogP contribution in [-0.4, -0.2) is 25.0 Å². The second kappa shape index (κ2) is 5.88. The van der Waals surface area contributed by atoms with Crippen molar-refractivity contribution in [3.05, 3.63) is 34.9 Å². The molecule has 2 atom stereocenters. The highest BCUT2D eigenvalue weighted by Gasteiger charge is 2.27. The quantitative estimate of drug-likeness (QED) is 0.779. The molecule has 1 aromatic rings. The van der Waals surface area contributed by atoms with E-state index in [0.29, 0.717) is 0 Å². The first-order valence-electron chi connectivity index (χ1n) is 6.64. The van der Waals surface area contributed by atoms with Gasteiger partial charge in [0.05, 0.1) is 0 Å². The fourth-order valence-electron chi connectivity index (χ4n) is 3.03. The normalized spacial score (nSPS) is 26.1. The fourth-order valence-corrected chi connectivity index (χ4v) is 3.15. The zero-order valence-electron chi connectivity index (χ0n) is 10.8. The molecule has 1 fully saturated rings. The highest BCUT2D eigenvalue weighted by Crippen LogP contribution is 2.35. The Bertz CT molecular complexity index is 346. The molecular formula is C15H22ClN. The molecule has 0 aliphatic carbocycles. The standard InChI is InChI=1S/C15H22ClN/c1-3-4-13-11-17(2)10-9-15(13)12-5-7-14(16)8-6-12/h5-8,13,15H,3-4,9-11H2,1-2H3/t13-,15?/m0/s1. The van der Waals surface area contributed by atoms with Crippen LogP contribution >= 0.6 is 11.6 Å². The van der Waals surface area contributed by atoms with E-state index in [1.54, 1.807) is 0 Å². The molecule has 1 nitrogen and oxygen atoms in total. The van der Waals surface area contributed by atoms with Crippen LogP contribution in [0.4, 0.5) is 0 Å². The third kappa shape index (κ3) is 3.23. The first-order chi connectivity index (χ1) is 8.20. The van der Waals surface area contributed by atoms with Crippen molar-refractivity contribution < 1.29 is 0 Å². The van der Waals surface area contributed by atoms with Crippen molar-refractivity contribution in [2.45, 2.75) is 32.1 Å². The molecule has 2 heteroatoms. The van der Waals surface area contributed by atoms with Crippen LogP contribution in [0, 0.1) is 5.92 Å². The minimum absolute atomic E-state index is 0.725. The van der Waals surface area contributed by atoms with E-state index in [4.69, 9.17) is 11.6 Å². The van der Waals surface area contributed by atoms with Gasteiger partial charge in [0.25, 0.3) is 0 Å². The van der Waals surface area contributed by atoms with E-state index in [0.717, 1.165) is 16.9 Å². The summed E-state index contributed by atoms with van der Waals surface area (Å²) in [4.78, 5) is 2.47. The van der Waals surface area contributed by atoms with Crippen molar-refractivity contribution >= 4 is 11.6 Å². The Morgan fingerprint density at radius 3 is 2.65 bits per heavy atom. The Labute approximate surface area is 110 Å². The van der Waals surface area contributed by atoms with Crippen molar-refractivity contribution in [1.82, 2.24) is 4.90 Å². The van der Waals surface area contributed by atoms with Crippen LogP contribution in [0.15, 0.2) is 24.3 Å². The minimum atomic E-state index is 0.725. The van der Waals surface area contributed by atoms with E-state index in [-0.39, 0.29) is 0 Å². The largest absolute Gasteiger partial charge is 0.306 e. The zero-order chi connectivity index (χ0) is 12.3. The van der Waals surface area contributed by atoms with Gasteiger partial charge in [-0.3, -0.25) is 0 Å². The van der Waals surface area contributed by atoms with Crippen molar-refractivity contribution in [2.75, 3.05) is 20.1 Å². The highest BCUT2D eigenvalue weighted by atomic mass is 35.5. The third-order valence-corrected chi connectivity index (χ3v) is 4.15. The van der Waals surface area contributed by atoms with Gasteiger partial charge in [0.1, 0.15) is 0 Å². The van der Waals surface area contributed by atoms with Gasteiger partial charge in [-0.2, -0.15) is 0 Å². The number of nitrogens with zero attached hydrogens (tertiary/aromatic N) is 1. The molecule has 1 aliphatic heterocycles. The Balaban J connectivity index is 2.14. The Morgan fingerprint density at radius 1 is 1.29 bits per heavy atom. The summed E-state index contributed by atoms with van der Waals surface area (Å²) in [6.07, 6.45) is 3.89. The fraction of sp³-hybridized carbons (Fsp3) is 0.600. The lowest BCUT2D eigenvalue weighted by Crippen LogP contribution is -2.36. The van der Waals surface area contributed by atoms with E-state index in [1.807, 2.05) is 12.1 Å². The second-order valence-electron chi connectivity index (χ2n) is 5.26. The van der Waals surface area contributed by atoms with Gasteiger partial charge in [-0.1, -0.05) is 37.1 Å². The molecule has 94 valence electrons. The molecule has 0 spiro atoms. The van der Waals surface area contributed by atoms with Crippen molar-refractivity contribution in [2.24, 2.45) is 5.92 Å². The maximum Gasteiger partial charge on any atom is 0.0406 e. The number of halogens is 1. The van der Waals surface area contributed by atoms with Gasteiger partial charge >= 0.3 is 0 Å². The van der Waals surface area contributed by atoms with Gasteiger partial charge < -0.3 is 4.90 Å². The molecule has 1 heterocycles. The SMILES string of the molecule is CCC[C@H]1CN(C)CCC1c1ccc(Cl)cc1. The topological polar surface area (TPSA) is 3.24 Å². The smallest absolute Gasteiger partial charge is 0.0406 e. The lowest BCUT2D eigenvalue weighted by molar-refractivity contribution is 0.175. The third-order valence-electron chi connectivity index (χ3n) is 3.89. The summed E-state index contributed by atoms with van der Waals surface area (Å²) in [5.41, 5.74) is 1.47. The summed E-state index contributed by atoms with van der Waals surface area (Å²) < 4.78 is 0. The minimum Gasteiger partial charge on any atom is -0.306 e. The number of piperidine rings is 1. The summed E-state index contributed by atoms with van der Waals surface area (Å²) in [5, 5.41) is 0.841. The van der Waals surface area contributed by atoms with Crippen molar-refractivity contribution in [1.29, 1.82) is 0 Å². The van der Waals surface area contributed by atoms with Gasteiger partial charge in [0.2, 0.25) is 0 Å². The molecule has 0 N–H and O–H groups in total. The van der Waals surface area contributed by atoms with Crippen molar-refractivity contribution in [3.63, 3.8) is 0 Å². The summed E-state index contributed by atoms with van der Waals surface area (Å²) >= 11 is 5.96. The lowest BCUT2D eigenvalue weighted by atomic mass is 9.78. The summed E-state index contributed by atoms with van der Waals surface area (Å²) in [7, 11) is 2.24. The van der Waals surface area contributed by atoms with Gasteiger partial charge in [-0.05, 0) is 56.0 Å². The number of hydrogen-bond donors (Lipinski definition) is 0. The molecule has 0 aromatic heterocycles. The molecule has 1 aliphatic rings. The predicted octanol–water partition coefficient (Wildman–Crippen LogP) is 4.18. The van der Waals surface area contributed by atoms with Crippen molar-refractivity contribution in [3.8, 4) is 0 Å². The maximum atomic E-state index is 5.96. The van der Waals surface area contributed by atoms with Gasteiger partial charge in [0, 0.05) is 11.6 Å². The molecule has 0 bridgehead atoms. The first-order valence-corrected chi connectivity index (χ1v) is 7.02. The average Bonchev–Trinajstić information content (AvgIpc) is 2.31. The average molecular weight is 252 g/mol. The van der Waals surface area contributed by atoms with Gasteiger partial charge in [-0.25, -0.2) is 0 Å². The summed E-state index contributed by atoms with van der Waals surface area (Å²) in [6, 6.07) is 8.47. The van der Waals surface area contributed by atoms with Gasteiger partial charge in [0.15, 0.2) is 0 Å². The number of hydrogen-bond acceptors (Lipinski definition) is 1. The zero-order valence-corrected chi connectivity index (χ0v) is 11.6. The van der Waals surface area contributed by atoms with Crippen LogP contribution in [0.2, 0.25) is 5.02 Å². The molecule has 0 amide bonds. The Morgan fingerprint density at radius 2 is 2.00 bits per heavy atom. The molecule has 1 saturated heterocycles.